The van der Waals surface area contributed by atoms with E-state index in [1.807, 2.05) is 43.3 Å². The SMILES string of the molecule is Cc1ccc(-c2ncco2)cc1-c1ccc2c(c1)OCC(c1c(F)cccc1F)N2. The zero-order valence-corrected chi connectivity index (χ0v) is 16.2. The summed E-state index contributed by atoms with van der Waals surface area (Å²) in [5, 5.41) is 3.19. The van der Waals surface area contributed by atoms with E-state index in [0.29, 0.717) is 17.3 Å². The van der Waals surface area contributed by atoms with Gasteiger partial charge in [-0.25, -0.2) is 13.8 Å². The van der Waals surface area contributed by atoms with Crippen molar-refractivity contribution in [3.8, 4) is 28.3 Å². The number of hydrogen-bond acceptors (Lipinski definition) is 4. The molecule has 0 amide bonds. The number of nitrogens with zero attached hydrogens (tertiary/aromatic N) is 1. The van der Waals surface area contributed by atoms with Gasteiger partial charge in [-0.3, -0.25) is 0 Å². The molecule has 4 nitrogen and oxygen atoms in total. The molecule has 0 radical (unpaired) electrons. The number of halogens is 2. The van der Waals surface area contributed by atoms with Gasteiger partial charge >= 0.3 is 0 Å². The number of ether oxygens (including phenoxy) is 1. The first kappa shape index (κ1) is 18.4. The molecule has 2 heterocycles. The van der Waals surface area contributed by atoms with Crippen molar-refractivity contribution in [3.05, 3.63) is 89.8 Å². The van der Waals surface area contributed by atoms with Crippen LogP contribution >= 0.6 is 0 Å². The lowest BCUT2D eigenvalue weighted by Gasteiger charge is -2.28. The predicted octanol–water partition coefficient (Wildman–Crippen LogP) is 6.14. The van der Waals surface area contributed by atoms with Crippen LogP contribution in [0.1, 0.15) is 17.2 Å². The standard InChI is InChI=1S/C24H18F2N2O2/c1-14-5-6-16(24-27-9-10-29-24)11-17(14)15-7-8-20-22(12-15)30-13-21(28-20)23-18(25)3-2-4-19(23)26/h2-12,21,28H,13H2,1H3. The second-order valence-corrected chi connectivity index (χ2v) is 7.22. The van der Waals surface area contributed by atoms with Crippen molar-refractivity contribution in [1.29, 1.82) is 0 Å². The Kier molecular flexibility index (Phi) is 4.47. The molecular formula is C24H18F2N2O2. The zero-order chi connectivity index (χ0) is 20.7. The molecule has 30 heavy (non-hydrogen) atoms. The molecule has 1 aromatic heterocycles. The second kappa shape index (κ2) is 7.30. The van der Waals surface area contributed by atoms with Crippen LogP contribution in [0.25, 0.3) is 22.6 Å². The summed E-state index contributed by atoms with van der Waals surface area (Å²) in [5.41, 5.74) is 4.66. The molecule has 1 N–H and O–H groups in total. The van der Waals surface area contributed by atoms with Crippen molar-refractivity contribution in [2.75, 3.05) is 11.9 Å². The summed E-state index contributed by atoms with van der Waals surface area (Å²) < 4.78 is 39.6. The number of benzene rings is 3. The monoisotopic (exact) mass is 404 g/mol. The van der Waals surface area contributed by atoms with Gasteiger partial charge < -0.3 is 14.5 Å². The number of hydrogen-bond donors (Lipinski definition) is 1. The Morgan fingerprint density at radius 1 is 1.00 bits per heavy atom. The molecule has 5 rings (SSSR count). The minimum absolute atomic E-state index is 0.0123. The first-order valence-electron chi connectivity index (χ1n) is 9.58. The van der Waals surface area contributed by atoms with E-state index in [4.69, 9.17) is 9.15 Å². The fraction of sp³-hybridized carbons (Fsp3) is 0.125. The Bertz CT molecular complexity index is 1200. The number of oxazole rings is 1. The van der Waals surface area contributed by atoms with Gasteiger partial charge in [0.1, 0.15) is 30.3 Å². The summed E-state index contributed by atoms with van der Waals surface area (Å²) >= 11 is 0. The average Bonchev–Trinajstić information content (AvgIpc) is 3.28. The summed E-state index contributed by atoms with van der Waals surface area (Å²) in [6, 6.07) is 15.0. The summed E-state index contributed by atoms with van der Waals surface area (Å²) in [6.45, 7) is 2.16. The van der Waals surface area contributed by atoms with Gasteiger partial charge in [0.2, 0.25) is 5.89 Å². The molecule has 3 aromatic carbocycles. The van der Waals surface area contributed by atoms with Gasteiger partial charge in [0.15, 0.2) is 0 Å². The number of rotatable bonds is 3. The Balaban J connectivity index is 1.47. The highest BCUT2D eigenvalue weighted by Gasteiger charge is 2.26. The van der Waals surface area contributed by atoms with E-state index in [9.17, 15) is 8.78 Å². The highest BCUT2D eigenvalue weighted by atomic mass is 19.1. The molecule has 0 saturated heterocycles. The number of aryl methyl sites for hydroxylation is 1. The number of nitrogens with one attached hydrogen (secondary N) is 1. The van der Waals surface area contributed by atoms with Crippen LogP contribution in [0.15, 0.2) is 71.5 Å². The molecule has 1 unspecified atom stereocenters. The van der Waals surface area contributed by atoms with E-state index in [0.717, 1.165) is 22.3 Å². The molecular weight excluding hydrogens is 386 g/mol. The Hall–Kier alpha value is -3.67. The van der Waals surface area contributed by atoms with Crippen LogP contribution in [0.4, 0.5) is 14.5 Å². The maximum atomic E-state index is 14.1. The van der Waals surface area contributed by atoms with Crippen LogP contribution in [0.2, 0.25) is 0 Å². The topological polar surface area (TPSA) is 47.3 Å². The molecule has 1 aliphatic heterocycles. The average molecular weight is 404 g/mol. The van der Waals surface area contributed by atoms with E-state index in [1.54, 1.807) is 12.5 Å². The van der Waals surface area contributed by atoms with E-state index in [-0.39, 0.29) is 12.2 Å². The number of anilines is 1. The molecule has 6 heteroatoms. The third kappa shape index (κ3) is 3.20. The fourth-order valence-electron chi connectivity index (χ4n) is 3.76. The van der Waals surface area contributed by atoms with Crippen molar-refractivity contribution >= 4 is 5.69 Å². The molecule has 0 fully saturated rings. The van der Waals surface area contributed by atoms with Gasteiger partial charge in [-0.05, 0) is 60.0 Å². The van der Waals surface area contributed by atoms with Gasteiger partial charge in [0, 0.05) is 11.1 Å². The lowest BCUT2D eigenvalue weighted by Crippen LogP contribution is -2.25. The quantitative estimate of drug-likeness (QED) is 0.445. The smallest absolute Gasteiger partial charge is 0.225 e. The van der Waals surface area contributed by atoms with Gasteiger partial charge in [-0.2, -0.15) is 0 Å². The number of aromatic nitrogens is 1. The molecule has 0 spiro atoms. The van der Waals surface area contributed by atoms with Gasteiger partial charge in [0.25, 0.3) is 0 Å². The highest BCUT2D eigenvalue weighted by molar-refractivity contribution is 5.77. The number of fused-ring (bicyclic) bond motifs is 1. The zero-order valence-electron chi connectivity index (χ0n) is 16.2. The molecule has 0 bridgehead atoms. The summed E-state index contributed by atoms with van der Waals surface area (Å²) in [4.78, 5) is 4.21. The van der Waals surface area contributed by atoms with Crippen molar-refractivity contribution in [2.24, 2.45) is 0 Å². The lowest BCUT2D eigenvalue weighted by molar-refractivity contribution is 0.280. The van der Waals surface area contributed by atoms with Crippen molar-refractivity contribution < 1.29 is 17.9 Å². The van der Waals surface area contributed by atoms with Crippen molar-refractivity contribution in [1.82, 2.24) is 4.98 Å². The van der Waals surface area contributed by atoms with E-state index in [1.165, 1.54) is 18.2 Å². The van der Waals surface area contributed by atoms with E-state index >= 15 is 0 Å². The molecule has 0 saturated carbocycles. The second-order valence-electron chi connectivity index (χ2n) is 7.22. The molecule has 1 aliphatic rings. The maximum absolute atomic E-state index is 14.1. The van der Waals surface area contributed by atoms with Gasteiger partial charge in [-0.1, -0.05) is 18.2 Å². The summed E-state index contributed by atoms with van der Waals surface area (Å²) in [6.07, 6.45) is 3.16. The first-order chi connectivity index (χ1) is 14.6. The lowest BCUT2D eigenvalue weighted by atomic mass is 9.97. The molecule has 4 aromatic rings. The minimum atomic E-state index is -0.598. The van der Waals surface area contributed by atoms with Crippen LogP contribution in [0.3, 0.4) is 0 Å². The summed E-state index contributed by atoms with van der Waals surface area (Å²) in [5.74, 6) is 0.0219. The van der Waals surface area contributed by atoms with E-state index < -0.39 is 17.7 Å². The van der Waals surface area contributed by atoms with Crippen LogP contribution in [0, 0.1) is 18.6 Å². The molecule has 0 aliphatic carbocycles. The van der Waals surface area contributed by atoms with Gasteiger partial charge in [0.05, 0.1) is 17.9 Å². The van der Waals surface area contributed by atoms with Crippen molar-refractivity contribution in [3.63, 3.8) is 0 Å². The van der Waals surface area contributed by atoms with Crippen LogP contribution in [0.5, 0.6) is 5.75 Å². The largest absolute Gasteiger partial charge is 0.489 e. The Labute approximate surface area is 172 Å². The predicted molar refractivity (Wildman–Crippen MR) is 110 cm³/mol. The fourth-order valence-corrected chi connectivity index (χ4v) is 3.76. The Morgan fingerprint density at radius 2 is 1.80 bits per heavy atom. The summed E-state index contributed by atoms with van der Waals surface area (Å²) in [7, 11) is 0. The minimum Gasteiger partial charge on any atom is -0.489 e. The molecule has 150 valence electrons. The van der Waals surface area contributed by atoms with Gasteiger partial charge in [-0.15, -0.1) is 0 Å². The van der Waals surface area contributed by atoms with Crippen molar-refractivity contribution in [2.45, 2.75) is 13.0 Å². The van der Waals surface area contributed by atoms with E-state index in [2.05, 4.69) is 10.3 Å². The van der Waals surface area contributed by atoms with Crippen LogP contribution < -0.4 is 10.1 Å². The third-order valence-electron chi connectivity index (χ3n) is 5.29. The normalized spacial score (nSPS) is 15.2. The maximum Gasteiger partial charge on any atom is 0.225 e. The third-order valence-corrected chi connectivity index (χ3v) is 5.29. The molecule has 1 atom stereocenters. The highest BCUT2D eigenvalue weighted by Crippen LogP contribution is 2.39. The van der Waals surface area contributed by atoms with Crippen LogP contribution in [-0.4, -0.2) is 11.6 Å². The first-order valence-corrected chi connectivity index (χ1v) is 9.58. The Morgan fingerprint density at radius 3 is 2.57 bits per heavy atom. The van der Waals surface area contributed by atoms with Crippen LogP contribution in [-0.2, 0) is 0 Å².